The monoisotopic (exact) mass is 447 g/mol. The zero-order chi connectivity index (χ0) is 21.8. The Bertz CT molecular complexity index is 915. The quantitative estimate of drug-likeness (QED) is 0.521. The van der Waals surface area contributed by atoms with Crippen LogP contribution in [0.15, 0.2) is 30.6 Å². The Hall–Kier alpha value is -2.69. The van der Waals surface area contributed by atoms with Gasteiger partial charge in [-0.05, 0) is 18.2 Å². The van der Waals surface area contributed by atoms with E-state index in [1.54, 1.807) is 0 Å². The highest BCUT2D eigenvalue weighted by Crippen LogP contribution is 2.35. The summed E-state index contributed by atoms with van der Waals surface area (Å²) >= 11 is 6.11. The van der Waals surface area contributed by atoms with Crippen molar-refractivity contribution in [3.8, 4) is 0 Å². The van der Waals surface area contributed by atoms with E-state index in [-0.39, 0.29) is 17.2 Å². The summed E-state index contributed by atoms with van der Waals surface area (Å²) < 4.78 is 0. The molecule has 4 rings (SSSR count). The zero-order valence-corrected chi connectivity index (χ0v) is 18.0. The van der Waals surface area contributed by atoms with E-state index in [0.717, 1.165) is 31.9 Å². The third-order valence-corrected chi connectivity index (χ3v) is 6.04. The normalized spacial score (nSPS) is 17.8. The number of aliphatic hydroxyl groups excluding tert-OH is 1. The summed E-state index contributed by atoms with van der Waals surface area (Å²) in [5.74, 6) is 0.745. The van der Waals surface area contributed by atoms with Crippen LogP contribution in [-0.2, 0) is 0 Å². The highest BCUT2D eigenvalue weighted by atomic mass is 35.5. The van der Waals surface area contributed by atoms with Crippen molar-refractivity contribution in [2.24, 2.45) is 0 Å². The number of anilines is 3. The Morgan fingerprint density at radius 3 is 2.10 bits per heavy atom. The van der Waals surface area contributed by atoms with Crippen LogP contribution in [-0.4, -0.2) is 90.4 Å². The number of nitro groups is 1. The molecule has 0 aliphatic carbocycles. The van der Waals surface area contributed by atoms with Crippen LogP contribution in [0.3, 0.4) is 0 Å². The van der Waals surface area contributed by atoms with Crippen molar-refractivity contribution in [3.05, 3.63) is 45.7 Å². The summed E-state index contributed by atoms with van der Waals surface area (Å²) in [5.41, 5.74) is 1.01. The largest absolute Gasteiger partial charge is 0.395 e. The van der Waals surface area contributed by atoms with Gasteiger partial charge in [0.25, 0.3) is 0 Å². The first-order valence-electron chi connectivity index (χ1n) is 10.4. The fourth-order valence-electron chi connectivity index (χ4n) is 4.16. The lowest BCUT2D eigenvalue weighted by atomic mass is 10.2. The van der Waals surface area contributed by atoms with Gasteiger partial charge < -0.3 is 19.8 Å². The van der Waals surface area contributed by atoms with E-state index in [0.29, 0.717) is 49.4 Å². The first kappa shape index (κ1) is 21.5. The summed E-state index contributed by atoms with van der Waals surface area (Å²) in [7, 11) is 0. The summed E-state index contributed by atoms with van der Waals surface area (Å²) in [5, 5.41) is 21.8. The molecule has 2 fully saturated rings. The number of nitrogens with zero attached hydrogens (tertiary/aromatic N) is 7. The van der Waals surface area contributed by atoms with E-state index in [2.05, 4.69) is 19.8 Å². The van der Waals surface area contributed by atoms with E-state index < -0.39 is 0 Å². The van der Waals surface area contributed by atoms with Crippen LogP contribution < -0.4 is 14.7 Å². The molecular weight excluding hydrogens is 422 g/mol. The molecule has 1 aromatic heterocycles. The molecule has 1 aromatic carbocycles. The average Bonchev–Trinajstić information content (AvgIpc) is 2.79. The third kappa shape index (κ3) is 4.81. The molecular formula is C20H26ClN7O3. The molecule has 1 N–H and O–H groups in total. The number of aliphatic hydroxyl groups is 1. The van der Waals surface area contributed by atoms with Gasteiger partial charge >= 0.3 is 5.69 Å². The fourth-order valence-corrected chi connectivity index (χ4v) is 4.35. The molecule has 0 amide bonds. The molecule has 11 heteroatoms. The minimum atomic E-state index is -0.367. The molecule has 2 aromatic rings. The first-order valence-corrected chi connectivity index (χ1v) is 10.8. The van der Waals surface area contributed by atoms with Crippen molar-refractivity contribution in [2.75, 3.05) is 80.2 Å². The van der Waals surface area contributed by atoms with Gasteiger partial charge in [-0.15, -0.1) is 0 Å². The topological polar surface area (TPSA) is 102 Å². The lowest BCUT2D eigenvalue weighted by molar-refractivity contribution is -0.383. The highest BCUT2D eigenvalue weighted by molar-refractivity contribution is 6.30. The van der Waals surface area contributed by atoms with Crippen LogP contribution in [0.1, 0.15) is 0 Å². The fraction of sp³-hybridized carbons (Fsp3) is 0.500. The van der Waals surface area contributed by atoms with Gasteiger partial charge in [0.15, 0.2) is 0 Å². The summed E-state index contributed by atoms with van der Waals surface area (Å²) in [6, 6.07) is 7.71. The number of benzene rings is 1. The maximum absolute atomic E-state index is 12.0. The van der Waals surface area contributed by atoms with E-state index in [1.807, 2.05) is 34.1 Å². The maximum atomic E-state index is 12.0. The van der Waals surface area contributed by atoms with Crippen molar-refractivity contribution in [1.82, 2.24) is 14.9 Å². The Morgan fingerprint density at radius 2 is 1.55 bits per heavy atom. The van der Waals surface area contributed by atoms with E-state index >= 15 is 0 Å². The van der Waals surface area contributed by atoms with E-state index in [1.165, 1.54) is 6.33 Å². The molecule has 31 heavy (non-hydrogen) atoms. The number of hydrogen-bond acceptors (Lipinski definition) is 9. The molecule has 0 spiro atoms. The summed E-state index contributed by atoms with van der Waals surface area (Å²) in [6.07, 6.45) is 1.42. The van der Waals surface area contributed by atoms with E-state index in [9.17, 15) is 10.1 Å². The van der Waals surface area contributed by atoms with Gasteiger partial charge in [0.05, 0.1) is 11.5 Å². The minimum absolute atomic E-state index is 0.0330. The second kappa shape index (κ2) is 9.63. The number of aromatic nitrogens is 2. The van der Waals surface area contributed by atoms with Crippen molar-refractivity contribution in [2.45, 2.75) is 0 Å². The van der Waals surface area contributed by atoms with Crippen LogP contribution in [0.2, 0.25) is 5.02 Å². The molecule has 0 saturated carbocycles. The Labute approximate surface area is 185 Å². The van der Waals surface area contributed by atoms with Crippen LogP contribution in [0.25, 0.3) is 0 Å². The Balaban J connectivity index is 1.50. The van der Waals surface area contributed by atoms with Gasteiger partial charge in [-0.2, -0.15) is 0 Å². The molecule has 2 aliphatic heterocycles. The molecule has 2 aliphatic rings. The predicted molar refractivity (Wildman–Crippen MR) is 120 cm³/mol. The summed E-state index contributed by atoms with van der Waals surface area (Å²) in [4.78, 5) is 28.5. The second-order valence-electron chi connectivity index (χ2n) is 7.63. The van der Waals surface area contributed by atoms with Gasteiger partial charge in [0.1, 0.15) is 6.33 Å². The number of hydrogen-bond donors (Lipinski definition) is 1. The molecule has 0 radical (unpaired) electrons. The molecule has 0 atom stereocenters. The van der Waals surface area contributed by atoms with Gasteiger partial charge in [0.2, 0.25) is 11.6 Å². The lowest BCUT2D eigenvalue weighted by Gasteiger charge is -2.37. The Kier molecular flexibility index (Phi) is 6.69. The van der Waals surface area contributed by atoms with Crippen molar-refractivity contribution >= 4 is 34.6 Å². The molecule has 3 heterocycles. The highest BCUT2D eigenvalue weighted by Gasteiger charge is 2.32. The number of piperazine rings is 2. The van der Waals surface area contributed by atoms with Gasteiger partial charge in [-0.1, -0.05) is 17.7 Å². The minimum Gasteiger partial charge on any atom is -0.395 e. The second-order valence-corrected chi connectivity index (χ2v) is 8.07. The standard InChI is InChI=1S/C20H26ClN7O3/c21-16-2-1-3-17(14-16)25-8-10-27(11-9-25)20-18(28(30)31)19(22-15-23-20)26-6-4-24(5-7-26)12-13-29/h1-3,14-15,29H,4-13H2. The van der Waals surface area contributed by atoms with Crippen LogP contribution in [0.5, 0.6) is 0 Å². The SMILES string of the molecule is O=[N+]([O-])c1c(N2CCN(CCO)CC2)ncnc1N1CCN(c2cccc(Cl)c2)CC1. The van der Waals surface area contributed by atoms with Crippen LogP contribution >= 0.6 is 11.6 Å². The molecule has 166 valence electrons. The third-order valence-electron chi connectivity index (χ3n) is 5.81. The lowest BCUT2D eigenvalue weighted by Crippen LogP contribution is -2.48. The first-order chi connectivity index (χ1) is 15.1. The number of halogens is 1. The molecule has 10 nitrogen and oxygen atoms in total. The van der Waals surface area contributed by atoms with Crippen LogP contribution in [0, 0.1) is 10.1 Å². The van der Waals surface area contributed by atoms with E-state index in [4.69, 9.17) is 16.7 Å². The number of β-amino-alcohol motifs (C(OH)–C–C–N with tert-alkyl or cyclic N) is 1. The van der Waals surface area contributed by atoms with Crippen LogP contribution in [0.4, 0.5) is 23.0 Å². The smallest absolute Gasteiger partial charge is 0.353 e. The predicted octanol–water partition coefficient (Wildman–Crippen LogP) is 1.48. The van der Waals surface area contributed by atoms with Gasteiger partial charge in [-0.3, -0.25) is 15.0 Å². The van der Waals surface area contributed by atoms with Crippen molar-refractivity contribution < 1.29 is 10.0 Å². The Morgan fingerprint density at radius 1 is 0.968 bits per heavy atom. The van der Waals surface area contributed by atoms with Gasteiger partial charge in [-0.25, -0.2) is 9.97 Å². The maximum Gasteiger partial charge on any atom is 0.353 e. The summed E-state index contributed by atoms with van der Waals surface area (Å²) in [6.45, 7) is 6.11. The van der Waals surface area contributed by atoms with Crippen molar-refractivity contribution in [3.63, 3.8) is 0 Å². The zero-order valence-electron chi connectivity index (χ0n) is 17.2. The van der Waals surface area contributed by atoms with Crippen molar-refractivity contribution in [1.29, 1.82) is 0 Å². The average molecular weight is 448 g/mol. The molecule has 0 unspecified atom stereocenters. The number of rotatable bonds is 6. The van der Waals surface area contributed by atoms with Gasteiger partial charge in [0, 0.05) is 69.6 Å². The molecule has 0 bridgehead atoms. The molecule has 2 saturated heterocycles.